The molecule has 0 aliphatic rings. The second-order valence-corrected chi connectivity index (χ2v) is 6.47. The predicted molar refractivity (Wildman–Crippen MR) is 127 cm³/mol. The fraction of sp³-hybridized carbons (Fsp3) is 0.0769. The van der Waals surface area contributed by atoms with Crippen molar-refractivity contribution in [2.24, 2.45) is 5.73 Å². The quantitative estimate of drug-likeness (QED) is 0.423. The molecule has 0 amide bonds. The van der Waals surface area contributed by atoms with E-state index in [1.165, 1.54) is 27.8 Å². The first kappa shape index (κ1) is 21.5. The lowest BCUT2D eigenvalue weighted by Crippen LogP contribution is -1.95. The van der Waals surface area contributed by atoms with Crippen molar-refractivity contribution in [3.8, 4) is 22.3 Å². The molecule has 0 atom stereocenters. The van der Waals surface area contributed by atoms with Gasteiger partial charge in [0, 0.05) is 6.54 Å². The monoisotopic (exact) mass is 385 g/mol. The molecule has 4 aromatic carbocycles. The lowest BCUT2D eigenvalue weighted by Gasteiger charge is -2.10. The number of benzene rings is 4. The van der Waals surface area contributed by atoms with Gasteiger partial charge in [0.2, 0.25) is 0 Å². The third kappa shape index (κ3) is 5.85. The summed E-state index contributed by atoms with van der Waals surface area (Å²) >= 11 is 0. The van der Waals surface area contributed by atoms with Crippen LogP contribution >= 0.6 is 13.5 Å². The summed E-state index contributed by atoms with van der Waals surface area (Å²) in [5, 5.41) is 0. The standard InChI is InChI=1S/C19H17N.C7H8.H2S/c20-14-15-10-12-17(13-11-15)19-9-5-4-8-18(19)16-6-2-1-3-7-16;1-7-5-3-2-4-6-7;/h1-13H,14,20H2;2-6H,1H3;1H2. The molecular weight excluding hydrogens is 358 g/mol. The summed E-state index contributed by atoms with van der Waals surface area (Å²) < 4.78 is 0. The summed E-state index contributed by atoms with van der Waals surface area (Å²) in [5.41, 5.74) is 13.1. The Balaban J connectivity index is 0.000000298. The van der Waals surface area contributed by atoms with E-state index >= 15 is 0 Å². The van der Waals surface area contributed by atoms with Gasteiger partial charge in [-0.1, -0.05) is 115 Å². The molecular formula is C26H27NS. The van der Waals surface area contributed by atoms with E-state index in [-0.39, 0.29) is 13.5 Å². The highest BCUT2D eigenvalue weighted by Gasteiger charge is 2.06. The van der Waals surface area contributed by atoms with Gasteiger partial charge in [0.15, 0.2) is 0 Å². The molecule has 0 unspecified atom stereocenters. The zero-order chi connectivity index (χ0) is 18.9. The van der Waals surface area contributed by atoms with Gasteiger partial charge in [-0.2, -0.15) is 13.5 Å². The van der Waals surface area contributed by atoms with Crippen LogP contribution in [0, 0.1) is 6.92 Å². The summed E-state index contributed by atoms with van der Waals surface area (Å²) in [7, 11) is 0. The molecule has 0 aliphatic heterocycles. The predicted octanol–water partition coefficient (Wildman–Crippen LogP) is 6.59. The summed E-state index contributed by atoms with van der Waals surface area (Å²) in [5.74, 6) is 0. The normalized spacial score (nSPS) is 9.64. The van der Waals surface area contributed by atoms with E-state index in [2.05, 4.69) is 91.9 Å². The van der Waals surface area contributed by atoms with Gasteiger partial charge in [0.25, 0.3) is 0 Å². The van der Waals surface area contributed by atoms with Crippen LogP contribution in [0.1, 0.15) is 11.1 Å². The third-order valence-corrected chi connectivity index (χ3v) is 4.45. The van der Waals surface area contributed by atoms with Crippen molar-refractivity contribution in [2.75, 3.05) is 0 Å². The Bertz CT molecular complexity index is 948. The largest absolute Gasteiger partial charge is 0.326 e. The van der Waals surface area contributed by atoms with E-state index in [9.17, 15) is 0 Å². The lowest BCUT2D eigenvalue weighted by molar-refractivity contribution is 1.07. The average molecular weight is 386 g/mol. The average Bonchev–Trinajstić information content (AvgIpc) is 2.75. The molecule has 2 heteroatoms. The molecule has 28 heavy (non-hydrogen) atoms. The molecule has 0 fully saturated rings. The van der Waals surface area contributed by atoms with Crippen molar-refractivity contribution in [1.29, 1.82) is 0 Å². The highest BCUT2D eigenvalue weighted by Crippen LogP contribution is 2.31. The van der Waals surface area contributed by atoms with E-state index in [0.29, 0.717) is 6.54 Å². The maximum absolute atomic E-state index is 5.66. The number of hydrogen-bond acceptors (Lipinski definition) is 1. The number of nitrogens with two attached hydrogens (primary N) is 1. The maximum Gasteiger partial charge on any atom is 0.0178 e. The molecule has 0 saturated carbocycles. The Labute approximate surface area is 175 Å². The summed E-state index contributed by atoms with van der Waals surface area (Å²) in [6, 6.07) is 37.7. The molecule has 2 N–H and O–H groups in total. The van der Waals surface area contributed by atoms with Gasteiger partial charge in [-0.25, -0.2) is 0 Å². The van der Waals surface area contributed by atoms with Crippen molar-refractivity contribution >= 4 is 13.5 Å². The Morgan fingerprint density at radius 3 is 1.39 bits per heavy atom. The minimum Gasteiger partial charge on any atom is -0.326 e. The molecule has 0 radical (unpaired) electrons. The smallest absolute Gasteiger partial charge is 0.0178 e. The maximum atomic E-state index is 5.66. The van der Waals surface area contributed by atoms with Crippen LogP contribution in [0.2, 0.25) is 0 Å². The van der Waals surface area contributed by atoms with Crippen molar-refractivity contribution in [2.45, 2.75) is 13.5 Å². The highest BCUT2D eigenvalue weighted by atomic mass is 32.1. The number of aryl methyl sites for hydroxylation is 1. The van der Waals surface area contributed by atoms with E-state index in [1.807, 2.05) is 24.3 Å². The molecule has 4 aromatic rings. The van der Waals surface area contributed by atoms with E-state index in [0.717, 1.165) is 5.56 Å². The topological polar surface area (TPSA) is 26.0 Å². The van der Waals surface area contributed by atoms with Gasteiger partial charge in [0.1, 0.15) is 0 Å². The molecule has 4 rings (SSSR count). The first-order valence-electron chi connectivity index (χ1n) is 9.23. The zero-order valence-corrected chi connectivity index (χ0v) is 17.2. The van der Waals surface area contributed by atoms with Crippen LogP contribution in [0.15, 0.2) is 109 Å². The van der Waals surface area contributed by atoms with E-state index in [4.69, 9.17) is 5.73 Å². The van der Waals surface area contributed by atoms with E-state index < -0.39 is 0 Å². The number of rotatable bonds is 3. The van der Waals surface area contributed by atoms with Crippen LogP contribution in [-0.2, 0) is 6.54 Å². The fourth-order valence-electron chi connectivity index (χ4n) is 2.96. The zero-order valence-electron chi connectivity index (χ0n) is 16.2. The van der Waals surface area contributed by atoms with E-state index in [1.54, 1.807) is 0 Å². The van der Waals surface area contributed by atoms with Crippen LogP contribution in [0.25, 0.3) is 22.3 Å². The molecule has 0 aromatic heterocycles. The van der Waals surface area contributed by atoms with Gasteiger partial charge >= 0.3 is 0 Å². The Hall–Kier alpha value is -2.81. The Morgan fingerprint density at radius 1 is 0.536 bits per heavy atom. The molecule has 0 bridgehead atoms. The van der Waals surface area contributed by atoms with Gasteiger partial charge in [-0.3, -0.25) is 0 Å². The van der Waals surface area contributed by atoms with Gasteiger partial charge in [-0.05, 0) is 34.7 Å². The molecule has 0 heterocycles. The molecule has 0 aliphatic carbocycles. The van der Waals surface area contributed by atoms with Crippen LogP contribution in [0.3, 0.4) is 0 Å². The second kappa shape index (κ2) is 11.1. The van der Waals surface area contributed by atoms with Crippen LogP contribution in [-0.4, -0.2) is 0 Å². The van der Waals surface area contributed by atoms with Crippen molar-refractivity contribution in [1.82, 2.24) is 0 Å². The molecule has 0 spiro atoms. The fourth-order valence-corrected chi connectivity index (χ4v) is 2.96. The summed E-state index contributed by atoms with van der Waals surface area (Å²) in [4.78, 5) is 0. The SMILES string of the molecule is Cc1ccccc1.NCc1ccc(-c2ccccc2-c2ccccc2)cc1.S. The third-order valence-electron chi connectivity index (χ3n) is 4.45. The second-order valence-electron chi connectivity index (χ2n) is 6.47. The van der Waals surface area contributed by atoms with Crippen LogP contribution in [0.5, 0.6) is 0 Å². The first-order valence-corrected chi connectivity index (χ1v) is 9.23. The van der Waals surface area contributed by atoms with Gasteiger partial charge < -0.3 is 5.73 Å². The molecule has 142 valence electrons. The van der Waals surface area contributed by atoms with Crippen molar-refractivity contribution < 1.29 is 0 Å². The Kier molecular flexibility index (Phi) is 8.54. The molecule has 0 saturated heterocycles. The van der Waals surface area contributed by atoms with Crippen molar-refractivity contribution in [3.63, 3.8) is 0 Å². The van der Waals surface area contributed by atoms with Gasteiger partial charge in [-0.15, -0.1) is 0 Å². The minimum absolute atomic E-state index is 0. The van der Waals surface area contributed by atoms with Crippen LogP contribution < -0.4 is 5.73 Å². The summed E-state index contributed by atoms with van der Waals surface area (Å²) in [6.07, 6.45) is 0. The summed E-state index contributed by atoms with van der Waals surface area (Å²) in [6.45, 7) is 2.67. The Morgan fingerprint density at radius 2 is 0.964 bits per heavy atom. The number of hydrogen-bond donors (Lipinski definition) is 1. The van der Waals surface area contributed by atoms with Crippen LogP contribution in [0.4, 0.5) is 0 Å². The minimum atomic E-state index is 0. The lowest BCUT2D eigenvalue weighted by atomic mass is 9.94. The van der Waals surface area contributed by atoms with Gasteiger partial charge in [0.05, 0.1) is 0 Å². The first-order chi connectivity index (χ1) is 13.3. The molecule has 1 nitrogen and oxygen atoms in total. The van der Waals surface area contributed by atoms with Crippen molar-refractivity contribution in [3.05, 3.63) is 120 Å². The highest BCUT2D eigenvalue weighted by molar-refractivity contribution is 7.59.